The minimum absolute atomic E-state index is 0.0331. The van der Waals surface area contributed by atoms with Crippen LogP contribution >= 0.6 is 7.82 Å². The third kappa shape index (κ3) is 34.5. The first-order valence-electron chi connectivity index (χ1n) is 22.5. The van der Waals surface area contributed by atoms with Gasteiger partial charge in [-0.25, -0.2) is 0 Å². The number of carbonyl (C=O) groups is 2. The van der Waals surface area contributed by atoms with Crippen LogP contribution in [-0.4, -0.2) is 82.2 Å². The summed E-state index contributed by atoms with van der Waals surface area (Å²) in [4.78, 5) is 37.6. The summed E-state index contributed by atoms with van der Waals surface area (Å²) in [5.74, 6) is -0.849. The van der Waals surface area contributed by atoms with Gasteiger partial charge in [0.1, 0.15) is 19.8 Å². The Kier molecular flexibility index (Phi) is 31.7. The normalized spacial score (nSPS) is 17.3. The molecule has 0 N–H and O–H groups in total. The molecule has 1 fully saturated rings. The number of allylic oxidation sites excluding steroid dienone is 1. The molecular weight excluding hydrogens is 717 g/mol. The molecule has 1 heterocycles. The number of phosphoric acid groups is 1. The van der Waals surface area contributed by atoms with E-state index in [9.17, 15) is 19.0 Å². The maximum atomic E-state index is 12.7. The van der Waals surface area contributed by atoms with Crippen molar-refractivity contribution in [2.45, 2.75) is 212 Å². The van der Waals surface area contributed by atoms with Crippen molar-refractivity contribution in [3.8, 4) is 0 Å². The zero-order chi connectivity index (χ0) is 40.5. The van der Waals surface area contributed by atoms with E-state index in [-0.39, 0.29) is 26.1 Å². The second-order valence-corrected chi connectivity index (χ2v) is 18.2. The fraction of sp³-hybridized carbons (Fsp3) is 0.909. The number of likely N-dealkylation sites (N-methyl/N-ethyl adjacent to an activating group) is 1. The lowest BCUT2D eigenvalue weighted by Crippen LogP contribution is -2.37. The molecule has 3 unspecified atom stereocenters. The lowest BCUT2D eigenvalue weighted by atomic mass is 10.0. The fourth-order valence-corrected chi connectivity index (χ4v) is 7.27. The van der Waals surface area contributed by atoms with Gasteiger partial charge in [0, 0.05) is 12.8 Å². The Bertz CT molecular complexity index is 1020. The molecular formula is C44H84NO9P. The van der Waals surface area contributed by atoms with Gasteiger partial charge in [0.15, 0.2) is 6.10 Å². The maximum Gasteiger partial charge on any atom is 0.306 e. The SMILES string of the molecule is CCCCC/C=C\CC1OC1CCCCCCCC(=O)OC[C@H](COP(=O)([O-])OCC[N+](C)(C)C)OC(=O)CCCCCCCCCCCCCCCCC. The van der Waals surface area contributed by atoms with E-state index in [0.29, 0.717) is 36.1 Å². The van der Waals surface area contributed by atoms with Gasteiger partial charge in [-0.2, -0.15) is 0 Å². The van der Waals surface area contributed by atoms with Crippen molar-refractivity contribution < 1.29 is 46.8 Å². The summed E-state index contributed by atoms with van der Waals surface area (Å²) in [6, 6.07) is 0. The summed E-state index contributed by atoms with van der Waals surface area (Å²) in [6.07, 6.45) is 35.3. The first-order chi connectivity index (χ1) is 26.5. The zero-order valence-electron chi connectivity index (χ0n) is 36.1. The molecule has 324 valence electrons. The Labute approximate surface area is 337 Å². The lowest BCUT2D eigenvalue weighted by molar-refractivity contribution is -0.870. The highest BCUT2D eigenvalue weighted by Gasteiger charge is 2.36. The van der Waals surface area contributed by atoms with E-state index < -0.39 is 32.5 Å². The van der Waals surface area contributed by atoms with Crippen molar-refractivity contribution in [2.75, 3.05) is 47.5 Å². The van der Waals surface area contributed by atoms with Gasteiger partial charge >= 0.3 is 11.9 Å². The zero-order valence-corrected chi connectivity index (χ0v) is 37.0. The van der Waals surface area contributed by atoms with Crippen molar-refractivity contribution in [3.05, 3.63) is 12.2 Å². The molecule has 1 aliphatic rings. The van der Waals surface area contributed by atoms with Crippen LogP contribution in [-0.2, 0) is 37.4 Å². The van der Waals surface area contributed by atoms with Crippen LogP contribution in [0.25, 0.3) is 0 Å². The molecule has 0 aliphatic carbocycles. The van der Waals surface area contributed by atoms with E-state index >= 15 is 0 Å². The van der Waals surface area contributed by atoms with Gasteiger partial charge in [-0.15, -0.1) is 0 Å². The molecule has 55 heavy (non-hydrogen) atoms. The summed E-state index contributed by atoms with van der Waals surface area (Å²) in [6.45, 7) is 4.19. The number of quaternary nitrogens is 1. The molecule has 0 aromatic carbocycles. The van der Waals surface area contributed by atoms with Crippen LogP contribution in [0.5, 0.6) is 0 Å². The summed E-state index contributed by atoms with van der Waals surface area (Å²) in [5.41, 5.74) is 0. The second kappa shape index (κ2) is 33.7. The summed E-state index contributed by atoms with van der Waals surface area (Å²) in [5, 5.41) is 0. The molecule has 11 heteroatoms. The Hall–Kier alpha value is -1.29. The Morgan fingerprint density at radius 3 is 1.73 bits per heavy atom. The third-order valence-corrected chi connectivity index (χ3v) is 11.2. The first kappa shape index (κ1) is 51.7. The van der Waals surface area contributed by atoms with Crippen LogP contribution in [0.1, 0.15) is 194 Å². The van der Waals surface area contributed by atoms with Gasteiger partial charge < -0.3 is 32.6 Å². The van der Waals surface area contributed by atoms with Crippen LogP contribution in [0.15, 0.2) is 12.2 Å². The standard InChI is InChI=1S/C44H84NO9P/c1-6-8-10-12-14-15-16-17-18-19-20-21-22-26-31-35-44(47)53-40(39-52-55(48,49)51-37-36-45(3,4)5)38-50-43(46)34-30-27-23-25-29-33-42-41(54-42)32-28-24-13-11-9-7-2/h24,28,40-42H,6-23,25-27,29-39H2,1-5H3/b28-24-/t40-,41?,42?/m1/s1. The fourth-order valence-electron chi connectivity index (χ4n) is 6.54. The molecule has 0 amide bonds. The molecule has 1 rings (SSSR count). The summed E-state index contributed by atoms with van der Waals surface area (Å²) < 4.78 is 39.7. The lowest BCUT2D eigenvalue weighted by Gasteiger charge is -2.28. The van der Waals surface area contributed by atoms with Crippen LogP contribution < -0.4 is 4.89 Å². The molecule has 0 radical (unpaired) electrons. The van der Waals surface area contributed by atoms with E-state index in [1.54, 1.807) is 0 Å². The van der Waals surface area contributed by atoms with Gasteiger partial charge in [-0.1, -0.05) is 154 Å². The Morgan fingerprint density at radius 2 is 1.16 bits per heavy atom. The third-order valence-electron chi connectivity index (χ3n) is 10.2. The first-order valence-corrected chi connectivity index (χ1v) is 24.0. The largest absolute Gasteiger partial charge is 0.756 e. The average Bonchev–Trinajstić information content (AvgIpc) is 3.89. The van der Waals surface area contributed by atoms with Crippen molar-refractivity contribution in [3.63, 3.8) is 0 Å². The highest BCUT2D eigenvalue weighted by Crippen LogP contribution is 2.38. The topological polar surface area (TPSA) is 124 Å². The van der Waals surface area contributed by atoms with Crippen molar-refractivity contribution >= 4 is 19.8 Å². The number of carbonyl (C=O) groups excluding carboxylic acids is 2. The molecule has 0 bridgehead atoms. The highest BCUT2D eigenvalue weighted by molar-refractivity contribution is 7.45. The number of rotatable bonds is 40. The van der Waals surface area contributed by atoms with E-state index in [2.05, 4.69) is 26.0 Å². The van der Waals surface area contributed by atoms with Gasteiger partial charge in [0.2, 0.25) is 0 Å². The molecule has 0 aromatic heterocycles. The smallest absolute Gasteiger partial charge is 0.306 e. The molecule has 0 spiro atoms. The monoisotopic (exact) mass is 802 g/mol. The van der Waals surface area contributed by atoms with Gasteiger partial charge in [-0.3, -0.25) is 14.2 Å². The number of ether oxygens (including phenoxy) is 3. The van der Waals surface area contributed by atoms with Gasteiger partial charge in [-0.05, 0) is 38.5 Å². The van der Waals surface area contributed by atoms with Crippen LogP contribution in [0.4, 0.5) is 0 Å². The minimum atomic E-state index is -4.63. The van der Waals surface area contributed by atoms with E-state index in [4.69, 9.17) is 23.3 Å². The Morgan fingerprint density at radius 1 is 0.655 bits per heavy atom. The number of esters is 2. The van der Waals surface area contributed by atoms with Crippen LogP contribution in [0.2, 0.25) is 0 Å². The molecule has 0 aromatic rings. The summed E-state index contributed by atoms with van der Waals surface area (Å²) in [7, 11) is 1.16. The molecule has 1 aliphatic heterocycles. The highest BCUT2D eigenvalue weighted by atomic mass is 31.2. The summed E-state index contributed by atoms with van der Waals surface area (Å²) >= 11 is 0. The van der Waals surface area contributed by atoms with Gasteiger partial charge in [0.25, 0.3) is 7.82 Å². The van der Waals surface area contributed by atoms with E-state index in [0.717, 1.165) is 51.4 Å². The molecule has 1 saturated heterocycles. The number of hydrogen-bond acceptors (Lipinski definition) is 9. The number of unbranched alkanes of at least 4 members (excludes halogenated alkanes) is 21. The van der Waals surface area contributed by atoms with Gasteiger partial charge in [0.05, 0.1) is 40.0 Å². The predicted octanol–water partition coefficient (Wildman–Crippen LogP) is 10.9. The maximum absolute atomic E-state index is 12.7. The Balaban J connectivity index is 2.27. The van der Waals surface area contributed by atoms with Crippen molar-refractivity contribution in [1.29, 1.82) is 0 Å². The van der Waals surface area contributed by atoms with Crippen molar-refractivity contribution in [2.24, 2.45) is 0 Å². The molecule has 10 nitrogen and oxygen atoms in total. The molecule has 4 atom stereocenters. The predicted molar refractivity (Wildman–Crippen MR) is 222 cm³/mol. The number of hydrogen-bond donors (Lipinski definition) is 0. The van der Waals surface area contributed by atoms with Crippen LogP contribution in [0, 0.1) is 0 Å². The van der Waals surface area contributed by atoms with Crippen molar-refractivity contribution in [1.82, 2.24) is 0 Å². The minimum Gasteiger partial charge on any atom is -0.756 e. The van der Waals surface area contributed by atoms with Crippen LogP contribution in [0.3, 0.4) is 0 Å². The quantitative estimate of drug-likeness (QED) is 0.0149. The number of phosphoric ester groups is 1. The second-order valence-electron chi connectivity index (χ2n) is 16.8. The molecule has 0 saturated carbocycles. The number of epoxide rings is 1. The number of nitrogens with zero attached hydrogens (tertiary/aromatic N) is 1. The van der Waals surface area contributed by atoms with E-state index in [1.807, 2.05) is 21.1 Å². The average molecular weight is 802 g/mol. The van der Waals surface area contributed by atoms with E-state index in [1.165, 1.54) is 103 Å².